The molecule has 1 saturated carbocycles. The lowest BCUT2D eigenvalue weighted by molar-refractivity contribution is 0.740. The normalized spacial score (nSPS) is 17.9. The van der Waals surface area contributed by atoms with E-state index in [2.05, 4.69) is 23.2 Å². The SMILES string of the molecule is CC(N)Cc1cccc2[nH]c(C3CC3)nc12. The van der Waals surface area contributed by atoms with Crippen LogP contribution in [-0.4, -0.2) is 16.0 Å². The van der Waals surface area contributed by atoms with Crippen LogP contribution in [0.15, 0.2) is 18.2 Å². The van der Waals surface area contributed by atoms with Crippen molar-refractivity contribution in [2.24, 2.45) is 5.73 Å². The van der Waals surface area contributed by atoms with E-state index in [9.17, 15) is 0 Å². The fourth-order valence-electron chi connectivity index (χ4n) is 2.17. The first-order valence-corrected chi connectivity index (χ1v) is 5.97. The molecule has 0 saturated heterocycles. The Morgan fingerprint density at radius 1 is 1.50 bits per heavy atom. The molecular weight excluding hydrogens is 198 g/mol. The minimum absolute atomic E-state index is 0.187. The molecular formula is C13H17N3. The highest BCUT2D eigenvalue weighted by Gasteiger charge is 2.27. The Bertz CT molecular complexity index is 509. The Balaban J connectivity index is 2.06. The Morgan fingerprint density at radius 3 is 3.00 bits per heavy atom. The van der Waals surface area contributed by atoms with Gasteiger partial charge in [0.05, 0.1) is 11.0 Å². The smallest absolute Gasteiger partial charge is 0.110 e. The van der Waals surface area contributed by atoms with Gasteiger partial charge in [-0.15, -0.1) is 0 Å². The number of imidazole rings is 1. The van der Waals surface area contributed by atoms with Gasteiger partial charge in [-0.25, -0.2) is 4.98 Å². The molecule has 3 nitrogen and oxygen atoms in total. The monoisotopic (exact) mass is 215 g/mol. The summed E-state index contributed by atoms with van der Waals surface area (Å²) in [6.07, 6.45) is 3.46. The summed E-state index contributed by atoms with van der Waals surface area (Å²) in [5, 5.41) is 0. The van der Waals surface area contributed by atoms with Crippen LogP contribution in [0.5, 0.6) is 0 Å². The van der Waals surface area contributed by atoms with Gasteiger partial charge in [0.25, 0.3) is 0 Å². The van der Waals surface area contributed by atoms with E-state index < -0.39 is 0 Å². The first-order chi connectivity index (χ1) is 7.74. The molecule has 1 aromatic carbocycles. The van der Waals surface area contributed by atoms with Crippen molar-refractivity contribution < 1.29 is 0 Å². The van der Waals surface area contributed by atoms with Crippen LogP contribution in [0, 0.1) is 0 Å². The summed E-state index contributed by atoms with van der Waals surface area (Å²) in [4.78, 5) is 8.14. The number of nitrogens with zero attached hydrogens (tertiary/aromatic N) is 1. The molecule has 2 aromatic rings. The van der Waals surface area contributed by atoms with Crippen molar-refractivity contribution in [3.05, 3.63) is 29.6 Å². The molecule has 1 unspecified atom stereocenters. The second-order valence-corrected chi connectivity index (χ2v) is 4.89. The van der Waals surface area contributed by atoms with Crippen LogP contribution < -0.4 is 5.73 Å². The quantitative estimate of drug-likeness (QED) is 0.825. The number of benzene rings is 1. The number of para-hydroxylation sites is 1. The Labute approximate surface area is 95.1 Å². The first-order valence-electron chi connectivity index (χ1n) is 5.97. The van der Waals surface area contributed by atoms with Crippen molar-refractivity contribution in [1.82, 2.24) is 9.97 Å². The maximum absolute atomic E-state index is 5.86. The van der Waals surface area contributed by atoms with Gasteiger partial charge >= 0.3 is 0 Å². The van der Waals surface area contributed by atoms with Gasteiger partial charge in [0, 0.05) is 12.0 Å². The largest absolute Gasteiger partial charge is 0.342 e. The highest BCUT2D eigenvalue weighted by atomic mass is 14.9. The molecule has 1 aliphatic carbocycles. The summed E-state index contributed by atoms with van der Waals surface area (Å²) >= 11 is 0. The van der Waals surface area contributed by atoms with Crippen LogP contribution >= 0.6 is 0 Å². The number of aromatic nitrogens is 2. The molecule has 0 aliphatic heterocycles. The summed E-state index contributed by atoms with van der Waals surface area (Å²) in [5.74, 6) is 1.84. The molecule has 3 rings (SSSR count). The van der Waals surface area contributed by atoms with E-state index in [4.69, 9.17) is 10.7 Å². The maximum atomic E-state index is 5.86. The van der Waals surface area contributed by atoms with Gasteiger partial charge in [-0.2, -0.15) is 0 Å². The summed E-state index contributed by atoms with van der Waals surface area (Å²) in [6, 6.07) is 6.49. The number of nitrogens with two attached hydrogens (primary N) is 1. The van der Waals surface area contributed by atoms with Crippen molar-refractivity contribution in [1.29, 1.82) is 0 Å². The third kappa shape index (κ3) is 1.71. The van der Waals surface area contributed by atoms with Crippen LogP contribution in [0.25, 0.3) is 11.0 Å². The van der Waals surface area contributed by atoms with Crippen molar-refractivity contribution in [2.75, 3.05) is 0 Å². The zero-order valence-corrected chi connectivity index (χ0v) is 9.53. The molecule has 16 heavy (non-hydrogen) atoms. The van der Waals surface area contributed by atoms with Crippen molar-refractivity contribution in [3.63, 3.8) is 0 Å². The van der Waals surface area contributed by atoms with Crippen LogP contribution in [0.2, 0.25) is 0 Å². The van der Waals surface area contributed by atoms with E-state index >= 15 is 0 Å². The fraction of sp³-hybridized carbons (Fsp3) is 0.462. The second kappa shape index (κ2) is 3.59. The molecule has 0 spiro atoms. The molecule has 0 radical (unpaired) electrons. The average molecular weight is 215 g/mol. The summed E-state index contributed by atoms with van der Waals surface area (Å²) in [6.45, 7) is 2.04. The van der Waals surface area contributed by atoms with E-state index in [-0.39, 0.29) is 6.04 Å². The number of hydrogen-bond acceptors (Lipinski definition) is 2. The molecule has 1 atom stereocenters. The van der Waals surface area contributed by atoms with E-state index in [1.54, 1.807) is 0 Å². The number of fused-ring (bicyclic) bond motifs is 1. The zero-order chi connectivity index (χ0) is 11.1. The van der Waals surface area contributed by atoms with Gasteiger partial charge in [-0.05, 0) is 37.8 Å². The predicted octanol–water partition coefficient (Wildman–Crippen LogP) is 2.33. The molecule has 0 amide bonds. The van der Waals surface area contributed by atoms with Gasteiger partial charge in [-0.1, -0.05) is 12.1 Å². The molecule has 3 heteroatoms. The highest BCUT2D eigenvalue weighted by Crippen LogP contribution is 2.39. The lowest BCUT2D eigenvalue weighted by atomic mass is 10.1. The second-order valence-electron chi connectivity index (χ2n) is 4.89. The van der Waals surface area contributed by atoms with Gasteiger partial charge < -0.3 is 10.7 Å². The number of nitrogens with one attached hydrogen (secondary N) is 1. The van der Waals surface area contributed by atoms with Crippen molar-refractivity contribution in [2.45, 2.75) is 38.1 Å². The predicted molar refractivity (Wildman–Crippen MR) is 65.4 cm³/mol. The van der Waals surface area contributed by atoms with Gasteiger partial charge in [-0.3, -0.25) is 0 Å². The molecule has 1 aromatic heterocycles. The van der Waals surface area contributed by atoms with E-state index in [1.807, 2.05) is 6.92 Å². The van der Waals surface area contributed by atoms with E-state index in [1.165, 1.54) is 18.4 Å². The van der Waals surface area contributed by atoms with E-state index in [0.29, 0.717) is 5.92 Å². The lowest BCUT2D eigenvalue weighted by Crippen LogP contribution is -2.17. The van der Waals surface area contributed by atoms with Crippen LogP contribution in [-0.2, 0) is 6.42 Å². The molecule has 84 valence electrons. The third-order valence-electron chi connectivity index (χ3n) is 3.12. The number of H-pyrrole nitrogens is 1. The molecule has 1 fully saturated rings. The Hall–Kier alpha value is -1.35. The van der Waals surface area contributed by atoms with Crippen LogP contribution in [0.1, 0.15) is 37.1 Å². The Kier molecular flexibility index (Phi) is 2.21. The third-order valence-corrected chi connectivity index (χ3v) is 3.12. The molecule has 3 N–H and O–H groups in total. The van der Waals surface area contributed by atoms with E-state index in [0.717, 1.165) is 23.3 Å². The molecule has 0 bridgehead atoms. The fourth-order valence-corrected chi connectivity index (χ4v) is 2.17. The molecule has 1 heterocycles. The zero-order valence-electron chi connectivity index (χ0n) is 9.53. The topological polar surface area (TPSA) is 54.7 Å². The standard InChI is InChI=1S/C13H17N3/c1-8(14)7-10-3-2-4-11-12(10)16-13(15-11)9-5-6-9/h2-4,8-9H,5-7,14H2,1H3,(H,15,16). The first kappa shape index (κ1) is 9.85. The van der Waals surface area contributed by atoms with Gasteiger partial charge in [0.1, 0.15) is 5.82 Å². The van der Waals surface area contributed by atoms with Gasteiger partial charge in [0.15, 0.2) is 0 Å². The summed E-state index contributed by atoms with van der Waals surface area (Å²) in [7, 11) is 0. The number of hydrogen-bond donors (Lipinski definition) is 2. The number of rotatable bonds is 3. The van der Waals surface area contributed by atoms with Gasteiger partial charge in [0.2, 0.25) is 0 Å². The van der Waals surface area contributed by atoms with Crippen LogP contribution in [0.4, 0.5) is 0 Å². The Morgan fingerprint density at radius 2 is 2.31 bits per heavy atom. The van der Waals surface area contributed by atoms with Crippen LogP contribution in [0.3, 0.4) is 0 Å². The highest BCUT2D eigenvalue weighted by molar-refractivity contribution is 5.79. The summed E-state index contributed by atoms with van der Waals surface area (Å²) < 4.78 is 0. The maximum Gasteiger partial charge on any atom is 0.110 e. The minimum atomic E-state index is 0.187. The minimum Gasteiger partial charge on any atom is -0.342 e. The average Bonchev–Trinajstić information content (AvgIpc) is 2.98. The lowest BCUT2D eigenvalue weighted by Gasteiger charge is -2.05. The number of aromatic amines is 1. The summed E-state index contributed by atoms with van der Waals surface area (Å²) in [5.41, 5.74) is 9.38. The van der Waals surface area contributed by atoms with Crippen molar-refractivity contribution in [3.8, 4) is 0 Å². The molecule has 1 aliphatic rings. The van der Waals surface area contributed by atoms with Crippen molar-refractivity contribution >= 4 is 11.0 Å².